The molecule has 0 aliphatic heterocycles. The monoisotopic (exact) mass is 496 g/mol. The van der Waals surface area contributed by atoms with Gasteiger partial charge in [0.2, 0.25) is 5.13 Å². The van der Waals surface area contributed by atoms with Crippen LogP contribution in [-0.2, 0) is 12.3 Å². The first kappa shape index (κ1) is 21.2. The molecule has 32 heavy (non-hydrogen) atoms. The highest BCUT2D eigenvalue weighted by Gasteiger charge is 2.17. The first-order chi connectivity index (χ1) is 15.7. The Morgan fingerprint density at radius 2 is 1.97 bits per heavy atom. The highest BCUT2D eigenvalue weighted by Crippen LogP contribution is 2.26. The van der Waals surface area contributed by atoms with E-state index >= 15 is 0 Å². The normalized spacial score (nSPS) is 11.7. The van der Waals surface area contributed by atoms with Gasteiger partial charge in [-0.1, -0.05) is 41.1 Å². The van der Waals surface area contributed by atoms with Crippen molar-refractivity contribution in [3.8, 4) is 5.13 Å². The summed E-state index contributed by atoms with van der Waals surface area (Å²) >= 11 is 10.8. The molecule has 0 aliphatic carbocycles. The average molecular weight is 497 g/mol. The van der Waals surface area contributed by atoms with E-state index < -0.39 is 0 Å². The van der Waals surface area contributed by atoms with Crippen molar-refractivity contribution in [1.29, 1.82) is 0 Å². The van der Waals surface area contributed by atoms with E-state index in [0.29, 0.717) is 28.0 Å². The van der Waals surface area contributed by atoms with Gasteiger partial charge in [-0.2, -0.15) is 4.68 Å². The number of nitrogens with one attached hydrogen (secondary N) is 1. The molecule has 0 bridgehead atoms. The summed E-state index contributed by atoms with van der Waals surface area (Å²) in [7, 11) is 0. The number of rotatable bonds is 7. The van der Waals surface area contributed by atoms with Crippen LogP contribution in [0.25, 0.3) is 15.3 Å². The topological polar surface area (TPSA) is 63.0 Å². The maximum atomic E-state index is 13.3. The van der Waals surface area contributed by atoms with Crippen molar-refractivity contribution in [2.45, 2.75) is 17.2 Å². The number of para-hydroxylation sites is 1. The zero-order valence-electron chi connectivity index (χ0n) is 16.7. The van der Waals surface area contributed by atoms with E-state index in [1.165, 1.54) is 16.0 Å². The summed E-state index contributed by atoms with van der Waals surface area (Å²) in [4.78, 5) is 24.7. The van der Waals surface area contributed by atoms with E-state index in [0.717, 1.165) is 25.7 Å². The van der Waals surface area contributed by atoms with E-state index in [-0.39, 0.29) is 5.56 Å². The van der Waals surface area contributed by atoms with Crippen molar-refractivity contribution < 1.29 is 0 Å². The largest absolute Gasteiger partial charge is 0.291 e. The van der Waals surface area contributed by atoms with Crippen LogP contribution in [0.1, 0.15) is 16.1 Å². The summed E-state index contributed by atoms with van der Waals surface area (Å²) in [5.74, 6) is 0.592. The standard InChI is InChI=1S/C23H17ClN4OS3/c24-15-7-9-16(10-8-15)31-14-20-18(13-25-12-17-4-3-11-30-17)22(29)28(27-20)23-26-19-5-1-2-6-21(19)32-23/h1-11,13,27H,12,14H2. The van der Waals surface area contributed by atoms with Gasteiger partial charge in [-0.3, -0.25) is 14.9 Å². The zero-order valence-corrected chi connectivity index (χ0v) is 19.9. The Morgan fingerprint density at radius 3 is 2.75 bits per heavy atom. The molecule has 9 heteroatoms. The summed E-state index contributed by atoms with van der Waals surface area (Å²) in [6.07, 6.45) is 1.68. The molecule has 3 heterocycles. The van der Waals surface area contributed by atoms with Crippen molar-refractivity contribution in [1.82, 2.24) is 14.8 Å². The highest BCUT2D eigenvalue weighted by atomic mass is 35.5. The number of thioether (sulfide) groups is 1. The number of hydrogen-bond donors (Lipinski definition) is 1. The van der Waals surface area contributed by atoms with Gasteiger partial charge >= 0.3 is 0 Å². The molecule has 0 saturated carbocycles. The molecule has 5 rings (SSSR count). The van der Waals surface area contributed by atoms with E-state index in [2.05, 4.69) is 15.1 Å². The van der Waals surface area contributed by atoms with Gasteiger partial charge in [-0.15, -0.1) is 23.1 Å². The van der Waals surface area contributed by atoms with Gasteiger partial charge in [0.25, 0.3) is 5.56 Å². The summed E-state index contributed by atoms with van der Waals surface area (Å²) in [5, 5.41) is 6.61. The minimum absolute atomic E-state index is 0.148. The molecule has 0 aliphatic rings. The number of benzene rings is 2. The minimum atomic E-state index is -0.148. The van der Waals surface area contributed by atoms with Crippen LogP contribution in [-0.4, -0.2) is 21.0 Å². The third-order valence-electron chi connectivity index (χ3n) is 4.72. The molecule has 0 atom stereocenters. The quantitative estimate of drug-likeness (QED) is 0.209. The second-order valence-corrected chi connectivity index (χ2v) is 10.4. The first-order valence-corrected chi connectivity index (χ1v) is 12.8. The minimum Gasteiger partial charge on any atom is -0.291 e. The molecular weight excluding hydrogens is 480 g/mol. The van der Waals surface area contributed by atoms with E-state index in [9.17, 15) is 4.79 Å². The SMILES string of the molecule is O=c1c(C=NCc2cccs2)c(CSc2ccc(Cl)cc2)[nH]n1-c1nc2ccccc2s1. The number of H-pyrrole nitrogens is 1. The number of hydrogen-bond acceptors (Lipinski definition) is 6. The predicted octanol–water partition coefficient (Wildman–Crippen LogP) is 6.40. The third kappa shape index (κ3) is 4.59. The molecule has 0 amide bonds. The number of halogens is 1. The lowest BCUT2D eigenvalue weighted by molar-refractivity contribution is 0.827. The predicted molar refractivity (Wildman–Crippen MR) is 136 cm³/mol. The van der Waals surface area contributed by atoms with Crippen molar-refractivity contribution in [3.63, 3.8) is 0 Å². The van der Waals surface area contributed by atoms with E-state index in [4.69, 9.17) is 11.6 Å². The summed E-state index contributed by atoms with van der Waals surface area (Å²) in [6.45, 7) is 0.549. The van der Waals surface area contributed by atoms with Gasteiger partial charge in [-0.25, -0.2) is 4.98 Å². The first-order valence-electron chi connectivity index (χ1n) is 9.78. The molecular formula is C23H17ClN4OS3. The van der Waals surface area contributed by atoms with Crippen LogP contribution in [0.2, 0.25) is 5.02 Å². The lowest BCUT2D eigenvalue weighted by Crippen LogP contribution is -2.17. The lowest BCUT2D eigenvalue weighted by Gasteiger charge is -2.01. The Kier molecular flexibility index (Phi) is 6.27. The Hall–Kier alpha value is -2.65. The molecule has 0 radical (unpaired) electrons. The molecule has 0 spiro atoms. The van der Waals surface area contributed by atoms with Gasteiger partial charge < -0.3 is 0 Å². The van der Waals surface area contributed by atoms with Crippen molar-refractivity contribution in [2.75, 3.05) is 0 Å². The second-order valence-electron chi connectivity index (χ2n) is 6.90. The highest BCUT2D eigenvalue weighted by molar-refractivity contribution is 7.98. The fourth-order valence-electron chi connectivity index (χ4n) is 3.14. The number of aromatic amines is 1. The number of aromatic nitrogens is 3. The summed E-state index contributed by atoms with van der Waals surface area (Å²) in [6, 6.07) is 19.6. The average Bonchev–Trinajstić information content (AvgIpc) is 3.53. The lowest BCUT2D eigenvalue weighted by atomic mass is 10.3. The third-order valence-corrected chi connectivity index (χ3v) is 7.90. The van der Waals surface area contributed by atoms with Gasteiger partial charge in [0.15, 0.2) is 0 Å². The zero-order chi connectivity index (χ0) is 21.9. The Morgan fingerprint density at radius 1 is 1.12 bits per heavy atom. The van der Waals surface area contributed by atoms with E-state index in [1.807, 2.05) is 66.0 Å². The molecule has 3 aromatic heterocycles. The van der Waals surface area contributed by atoms with Crippen LogP contribution in [0.4, 0.5) is 0 Å². The van der Waals surface area contributed by atoms with Crippen LogP contribution in [0.15, 0.2) is 80.7 Å². The molecule has 0 fully saturated rings. The maximum Gasteiger partial charge on any atom is 0.282 e. The number of thiophene rings is 1. The Bertz CT molecular complexity index is 1400. The molecule has 5 nitrogen and oxygen atoms in total. The van der Waals surface area contributed by atoms with Gasteiger partial charge in [0.1, 0.15) is 0 Å². The smallest absolute Gasteiger partial charge is 0.282 e. The maximum absolute atomic E-state index is 13.3. The number of nitrogens with zero attached hydrogens (tertiary/aromatic N) is 3. The number of aliphatic imine (C=N–C) groups is 1. The Labute approximate surface area is 201 Å². The molecule has 0 unspecified atom stereocenters. The Balaban J connectivity index is 1.48. The molecule has 1 N–H and O–H groups in total. The van der Waals surface area contributed by atoms with E-state index in [1.54, 1.807) is 29.3 Å². The molecule has 160 valence electrons. The van der Waals surface area contributed by atoms with Crippen LogP contribution in [0, 0.1) is 0 Å². The van der Waals surface area contributed by atoms with Crippen LogP contribution in [0.5, 0.6) is 0 Å². The van der Waals surface area contributed by atoms with Crippen molar-refractivity contribution in [2.24, 2.45) is 4.99 Å². The number of fused-ring (bicyclic) bond motifs is 1. The van der Waals surface area contributed by atoms with Gasteiger partial charge in [-0.05, 0) is 47.8 Å². The van der Waals surface area contributed by atoms with Crippen LogP contribution in [0.3, 0.4) is 0 Å². The van der Waals surface area contributed by atoms with Crippen molar-refractivity contribution >= 4 is 62.5 Å². The van der Waals surface area contributed by atoms with Gasteiger partial charge in [0.05, 0.1) is 28.0 Å². The summed E-state index contributed by atoms with van der Waals surface area (Å²) in [5.41, 5.74) is 2.09. The number of thiazole rings is 1. The molecule has 2 aromatic carbocycles. The second kappa shape index (κ2) is 9.46. The summed E-state index contributed by atoms with van der Waals surface area (Å²) < 4.78 is 2.56. The molecule has 0 saturated heterocycles. The van der Waals surface area contributed by atoms with Crippen molar-refractivity contribution in [3.05, 3.63) is 97.6 Å². The van der Waals surface area contributed by atoms with Crippen LogP contribution >= 0.6 is 46.0 Å². The van der Waals surface area contributed by atoms with Gasteiger partial charge in [0, 0.05) is 26.8 Å². The molecule has 5 aromatic rings. The fraction of sp³-hybridized carbons (Fsp3) is 0.0870. The van der Waals surface area contributed by atoms with Crippen LogP contribution < -0.4 is 5.56 Å². The fourth-order valence-corrected chi connectivity index (χ4v) is 5.69.